The summed E-state index contributed by atoms with van der Waals surface area (Å²) in [5, 5.41) is 15.9. The SMILES string of the molecule is N#C/C(=C\C=C\c1ccccc1)C(=N)[Se]. The third-order valence-corrected chi connectivity index (χ3v) is 2.18. The molecule has 3 heteroatoms. The van der Waals surface area contributed by atoms with E-state index < -0.39 is 0 Å². The summed E-state index contributed by atoms with van der Waals surface area (Å²) < 4.78 is 0.162. The van der Waals surface area contributed by atoms with Crippen molar-refractivity contribution in [3.05, 3.63) is 53.6 Å². The summed E-state index contributed by atoms with van der Waals surface area (Å²) in [7, 11) is 0. The van der Waals surface area contributed by atoms with Crippen molar-refractivity contribution >= 4 is 26.7 Å². The minimum atomic E-state index is 0.162. The molecule has 0 aliphatic heterocycles. The third kappa shape index (κ3) is 3.95. The molecule has 15 heavy (non-hydrogen) atoms. The van der Waals surface area contributed by atoms with Gasteiger partial charge in [-0.05, 0) is 0 Å². The summed E-state index contributed by atoms with van der Waals surface area (Å²) in [6.07, 6.45) is 5.27. The molecule has 1 aromatic rings. The second-order valence-electron chi connectivity index (χ2n) is 2.79. The van der Waals surface area contributed by atoms with Crippen molar-refractivity contribution in [2.75, 3.05) is 0 Å². The molecular formula is C12H9N2Se. The zero-order chi connectivity index (χ0) is 11.1. The predicted molar refractivity (Wildman–Crippen MR) is 62.7 cm³/mol. The fourth-order valence-electron chi connectivity index (χ4n) is 0.983. The summed E-state index contributed by atoms with van der Waals surface area (Å²) >= 11 is 2.50. The van der Waals surface area contributed by atoms with Crippen LogP contribution in [0.25, 0.3) is 6.08 Å². The van der Waals surface area contributed by atoms with Crippen LogP contribution in [0.3, 0.4) is 0 Å². The van der Waals surface area contributed by atoms with Crippen molar-refractivity contribution in [2.45, 2.75) is 0 Å². The van der Waals surface area contributed by atoms with Crippen molar-refractivity contribution in [1.82, 2.24) is 0 Å². The van der Waals surface area contributed by atoms with Gasteiger partial charge in [0.1, 0.15) is 0 Å². The van der Waals surface area contributed by atoms with Crippen LogP contribution < -0.4 is 0 Å². The Hall–Kier alpha value is -1.62. The molecule has 0 unspecified atom stereocenters. The number of benzene rings is 1. The van der Waals surface area contributed by atoms with Crippen LogP contribution in [-0.2, 0) is 0 Å². The van der Waals surface area contributed by atoms with Crippen LogP contribution >= 0.6 is 0 Å². The van der Waals surface area contributed by atoms with Crippen molar-refractivity contribution in [2.24, 2.45) is 0 Å². The zero-order valence-corrected chi connectivity index (χ0v) is 9.69. The van der Waals surface area contributed by atoms with Crippen molar-refractivity contribution in [3.63, 3.8) is 0 Å². The van der Waals surface area contributed by atoms with E-state index in [1.807, 2.05) is 42.5 Å². The van der Waals surface area contributed by atoms with Gasteiger partial charge in [-0.15, -0.1) is 0 Å². The summed E-state index contributed by atoms with van der Waals surface area (Å²) in [5.41, 5.74) is 1.40. The topological polar surface area (TPSA) is 47.6 Å². The Morgan fingerprint density at radius 1 is 1.33 bits per heavy atom. The Kier molecular flexibility index (Phi) is 4.56. The Morgan fingerprint density at radius 2 is 2.00 bits per heavy atom. The molecule has 0 aliphatic carbocycles. The van der Waals surface area contributed by atoms with E-state index in [0.29, 0.717) is 5.57 Å². The molecule has 0 atom stereocenters. The first-order valence-electron chi connectivity index (χ1n) is 4.33. The average Bonchev–Trinajstić information content (AvgIpc) is 2.25. The number of allylic oxidation sites excluding steroid dienone is 3. The molecule has 0 aromatic heterocycles. The van der Waals surface area contributed by atoms with Gasteiger partial charge >= 0.3 is 97.1 Å². The normalized spacial score (nSPS) is 11.3. The molecule has 0 saturated heterocycles. The Balaban J connectivity index is 2.76. The molecule has 0 aliphatic rings. The van der Waals surface area contributed by atoms with E-state index in [9.17, 15) is 0 Å². The third-order valence-electron chi connectivity index (χ3n) is 1.72. The van der Waals surface area contributed by atoms with Gasteiger partial charge in [-0.25, -0.2) is 0 Å². The van der Waals surface area contributed by atoms with E-state index in [1.54, 1.807) is 12.2 Å². The number of nitrogens with zero attached hydrogens (tertiary/aromatic N) is 1. The van der Waals surface area contributed by atoms with Crippen LogP contribution in [0.5, 0.6) is 0 Å². The molecule has 0 saturated carbocycles. The minimum absolute atomic E-state index is 0.162. The first-order valence-corrected chi connectivity index (χ1v) is 5.19. The zero-order valence-electron chi connectivity index (χ0n) is 7.97. The summed E-state index contributed by atoms with van der Waals surface area (Å²) in [6.45, 7) is 0. The molecule has 0 heterocycles. The fourth-order valence-corrected chi connectivity index (χ4v) is 1.22. The van der Waals surface area contributed by atoms with Crippen LogP contribution in [0.4, 0.5) is 0 Å². The Bertz CT molecular complexity index is 438. The molecule has 0 spiro atoms. The quantitative estimate of drug-likeness (QED) is 0.385. The van der Waals surface area contributed by atoms with Crippen molar-refractivity contribution in [3.8, 4) is 6.07 Å². The molecule has 1 aromatic carbocycles. The molecular weight excluding hydrogens is 251 g/mol. The van der Waals surface area contributed by atoms with Gasteiger partial charge in [-0.3, -0.25) is 0 Å². The van der Waals surface area contributed by atoms with Crippen LogP contribution in [0.1, 0.15) is 5.56 Å². The number of hydrogen-bond acceptors (Lipinski definition) is 2. The van der Waals surface area contributed by atoms with Crippen molar-refractivity contribution < 1.29 is 0 Å². The van der Waals surface area contributed by atoms with Crippen LogP contribution in [0.2, 0.25) is 0 Å². The molecule has 1 radical (unpaired) electrons. The van der Waals surface area contributed by atoms with Crippen LogP contribution in [0.15, 0.2) is 48.1 Å². The van der Waals surface area contributed by atoms with Gasteiger partial charge in [0.25, 0.3) is 0 Å². The second kappa shape index (κ2) is 5.98. The maximum absolute atomic E-state index is 8.68. The van der Waals surface area contributed by atoms with Gasteiger partial charge < -0.3 is 0 Å². The van der Waals surface area contributed by atoms with E-state index in [4.69, 9.17) is 10.7 Å². The van der Waals surface area contributed by atoms with Gasteiger partial charge in [0.2, 0.25) is 0 Å². The summed E-state index contributed by atoms with van der Waals surface area (Å²) in [5.74, 6) is 0. The molecule has 0 fully saturated rings. The fraction of sp³-hybridized carbons (Fsp3) is 0. The molecule has 0 bridgehead atoms. The average molecular weight is 260 g/mol. The van der Waals surface area contributed by atoms with Gasteiger partial charge in [0.15, 0.2) is 0 Å². The molecule has 0 amide bonds. The molecule has 1 N–H and O–H groups in total. The number of rotatable bonds is 3. The van der Waals surface area contributed by atoms with Gasteiger partial charge in [-0.2, -0.15) is 0 Å². The Morgan fingerprint density at radius 3 is 2.53 bits per heavy atom. The first-order chi connectivity index (χ1) is 7.24. The van der Waals surface area contributed by atoms with Gasteiger partial charge in [0.05, 0.1) is 0 Å². The maximum atomic E-state index is 8.68. The Labute approximate surface area is 97.3 Å². The van der Waals surface area contributed by atoms with Gasteiger partial charge in [-0.1, -0.05) is 0 Å². The van der Waals surface area contributed by atoms with E-state index >= 15 is 0 Å². The van der Waals surface area contributed by atoms with Gasteiger partial charge in [0, 0.05) is 0 Å². The summed E-state index contributed by atoms with van der Waals surface area (Å²) in [4.78, 5) is 0. The predicted octanol–water partition coefficient (Wildman–Crippen LogP) is 2.30. The molecule has 2 nitrogen and oxygen atoms in total. The van der Waals surface area contributed by atoms with E-state index in [0.717, 1.165) is 5.56 Å². The van der Waals surface area contributed by atoms with E-state index in [2.05, 4.69) is 16.0 Å². The second-order valence-corrected chi connectivity index (χ2v) is 3.65. The first kappa shape index (κ1) is 11.5. The number of nitrogens with one attached hydrogen (secondary N) is 1. The number of nitriles is 1. The van der Waals surface area contributed by atoms with E-state index in [1.165, 1.54) is 0 Å². The number of hydrogen-bond donors (Lipinski definition) is 1. The summed E-state index contributed by atoms with van der Waals surface area (Å²) in [6, 6.07) is 11.7. The van der Waals surface area contributed by atoms with E-state index in [-0.39, 0.29) is 4.61 Å². The molecule has 1 rings (SSSR count). The van der Waals surface area contributed by atoms with Crippen LogP contribution in [0, 0.1) is 16.7 Å². The van der Waals surface area contributed by atoms with Crippen LogP contribution in [-0.4, -0.2) is 20.6 Å². The van der Waals surface area contributed by atoms with Crippen molar-refractivity contribution in [1.29, 1.82) is 10.7 Å². The monoisotopic (exact) mass is 261 g/mol. The standard InChI is InChI=1S/C12H9N2Se/c13-9-11(12(14)15)8-4-7-10-5-2-1-3-6-10/h1-8,14H/b7-4+,11-8+,14-12?. The molecule has 73 valence electrons.